The summed E-state index contributed by atoms with van der Waals surface area (Å²) in [5.74, 6) is -0.505. The molecule has 10 heteroatoms. The number of sulfone groups is 1. The highest BCUT2D eigenvalue weighted by molar-refractivity contribution is 7.91. The summed E-state index contributed by atoms with van der Waals surface area (Å²) >= 11 is 7.32. The van der Waals surface area contributed by atoms with Gasteiger partial charge in [0.2, 0.25) is 5.91 Å². The number of hydrogen-bond donors (Lipinski definition) is 0. The number of anilines is 1. The second-order valence-corrected chi connectivity index (χ2v) is 11.7. The summed E-state index contributed by atoms with van der Waals surface area (Å²) in [7, 11) is 0.372. The number of amides is 1. The lowest BCUT2D eigenvalue weighted by atomic mass is 10.1. The standard InChI is InChI=1S/C23H28ClN3O3S2.ClH/c1-16-14-20-21(15-17(16)2)31-23(25-20)27(12-5-11-26(3)4)22(28)10-13-32(29,30)19-8-6-18(24)7-9-19;/h6-9,14-15H,5,10-13H2,1-4H3;1H. The monoisotopic (exact) mass is 529 g/mol. The molecule has 0 saturated carbocycles. The first-order valence-electron chi connectivity index (χ1n) is 10.4. The summed E-state index contributed by atoms with van der Waals surface area (Å²) in [4.78, 5) is 21.7. The van der Waals surface area contributed by atoms with Gasteiger partial charge in [0.25, 0.3) is 0 Å². The number of fused-ring (bicyclic) bond motifs is 1. The number of aryl methyl sites for hydroxylation is 2. The lowest BCUT2D eigenvalue weighted by Crippen LogP contribution is -2.34. The van der Waals surface area contributed by atoms with Crippen molar-refractivity contribution in [2.75, 3.05) is 37.8 Å². The Morgan fingerprint density at radius 1 is 1.06 bits per heavy atom. The van der Waals surface area contributed by atoms with Crippen LogP contribution < -0.4 is 4.90 Å². The van der Waals surface area contributed by atoms with Crippen LogP contribution in [0.4, 0.5) is 5.13 Å². The number of carbonyl (C=O) groups is 1. The number of rotatable bonds is 9. The molecule has 33 heavy (non-hydrogen) atoms. The molecule has 0 aliphatic heterocycles. The summed E-state index contributed by atoms with van der Waals surface area (Å²) in [6.07, 6.45) is 0.650. The van der Waals surface area contributed by atoms with Crippen molar-refractivity contribution in [1.82, 2.24) is 9.88 Å². The number of nitrogens with zero attached hydrogens (tertiary/aromatic N) is 3. The maximum absolute atomic E-state index is 13.2. The SMILES string of the molecule is Cc1cc2nc(N(CCCN(C)C)C(=O)CCS(=O)(=O)c3ccc(Cl)cc3)sc2cc1C.Cl. The maximum Gasteiger partial charge on any atom is 0.229 e. The zero-order valence-corrected chi connectivity index (χ0v) is 22.4. The van der Waals surface area contributed by atoms with Crippen LogP contribution >= 0.6 is 35.3 Å². The van der Waals surface area contributed by atoms with Crippen molar-refractivity contribution in [2.45, 2.75) is 31.6 Å². The molecule has 1 aromatic heterocycles. The molecule has 0 aliphatic carbocycles. The summed E-state index contributed by atoms with van der Waals surface area (Å²) in [5, 5.41) is 1.08. The molecular weight excluding hydrogens is 501 g/mol. The van der Waals surface area contributed by atoms with E-state index in [0.717, 1.165) is 28.7 Å². The molecule has 6 nitrogen and oxygen atoms in total. The number of hydrogen-bond acceptors (Lipinski definition) is 6. The molecule has 0 atom stereocenters. The fraction of sp³-hybridized carbons (Fsp3) is 0.391. The first-order chi connectivity index (χ1) is 15.1. The van der Waals surface area contributed by atoms with Crippen LogP contribution in [0.2, 0.25) is 5.02 Å². The molecule has 1 amide bonds. The summed E-state index contributed by atoms with van der Waals surface area (Å²) < 4.78 is 26.4. The number of aromatic nitrogens is 1. The van der Waals surface area contributed by atoms with Crippen LogP contribution in [-0.2, 0) is 14.6 Å². The number of thiazole rings is 1. The third-order valence-electron chi connectivity index (χ3n) is 5.27. The largest absolute Gasteiger partial charge is 0.309 e. The van der Waals surface area contributed by atoms with Gasteiger partial charge in [-0.15, -0.1) is 12.4 Å². The average Bonchev–Trinajstić information content (AvgIpc) is 3.12. The Morgan fingerprint density at radius 2 is 1.70 bits per heavy atom. The molecule has 180 valence electrons. The van der Waals surface area contributed by atoms with Crippen LogP contribution in [0.3, 0.4) is 0 Å². The molecule has 3 rings (SSSR count). The smallest absolute Gasteiger partial charge is 0.229 e. The van der Waals surface area contributed by atoms with Crippen LogP contribution in [0.1, 0.15) is 24.0 Å². The van der Waals surface area contributed by atoms with Gasteiger partial charge in [-0.2, -0.15) is 0 Å². The molecule has 0 N–H and O–H groups in total. The minimum Gasteiger partial charge on any atom is -0.309 e. The molecule has 0 bridgehead atoms. The highest BCUT2D eigenvalue weighted by atomic mass is 35.5. The van der Waals surface area contributed by atoms with E-state index in [-0.39, 0.29) is 35.4 Å². The molecule has 1 heterocycles. The van der Waals surface area contributed by atoms with E-state index in [0.29, 0.717) is 16.7 Å². The van der Waals surface area contributed by atoms with Gasteiger partial charge in [-0.1, -0.05) is 22.9 Å². The fourth-order valence-corrected chi connectivity index (χ4v) is 5.72. The van der Waals surface area contributed by atoms with Crippen molar-refractivity contribution in [2.24, 2.45) is 0 Å². The summed E-state index contributed by atoms with van der Waals surface area (Å²) in [5.41, 5.74) is 3.17. The Kier molecular flexibility index (Phi) is 9.70. The van der Waals surface area contributed by atoms with Crippen LogP contribution in [0, 0.1) is 13.8 Å². The van der Waals surface area contributed by atoms with Crippen LogP contribution in [0.25, 0.3) is 10.2 Å². The lowest BCUT2D eigenvalue weighted by Gasteiger charge is -2.21. The first-order valence-corrected chi connectivity index (χ1v) is 13.2. The van der Waals surface area contributed by atoms with Crippen LogP contribution in [0.5, 0.6) is 0 Å². The Labute approximate surface area is 210 Å². The fourth-order valence-electron chi connectivity index (χ4n) is 3.27. The van der Waals surface area contributed by atoms with Crippen LogP contribution in [-0.4, -0.2) is 57.1 Å². The molecular formula is C23H29Cl2N3O3S2. The molecule has 2 aromatic carbocycles. The molecule has 0 aliphatic rings. The Hall–Kier alpha value is -1.71. The minimum absolute atomic E-state index is 0. The van der Waals surface area contributed by atoms with E-state index >= 15 is 0 Å². The van der Waals surface area contributed by atoms with Crippen molar-refractivity contribution in [1.29, 1.82) is 0 Å². The van der Waals surface area contributed by atoms with Gasteiger partial charge in [-0.05, 0) is 88.4 Å². The van der Waals surface area contributed by atoms with E-state index < -0.39 is 9.84 Å². The predicted octanol–water partition coefficient (Wildman–Crippen LogP) is 5.14. The van der Waals surface area contributed by atoms with E-state index in [9.17, 15) is 13.2 Å². The van der Waals surface area contributed by atoms with Crippen LogP contribution in [0.15, 0.2) is 41.3 Å². The topological polar surface area (TPSA) is 70.6 Å². The lowest BCUT2D eigenvalue weighted by molar-refractivity contribution is -0.118. The van der Waals surface area contributed by atoms with Crippen molar-refractivity contribution in [3.05, 3.63) is 52.5 Å². The van der Waals surface area contributed by atoms with Crippen molar-refractivity contribution in [3.63, 3.8) is 0 Å². The number of halogens is 2. The van der Waals surface area contributed by atoms with Crippen molar-refractivity contribution < 1.29 is 13.2 Å². The second-order valence-electron chi connectivity index (χ2n) is 8.13. The van der Waals surface area contributed by atoms with Gasteiger partial charge in [-0.3, -0.25) is 9.69 Å². The van der Waals surface area contributed by atoms with Gasteiger partial charge < -0.3 is 4.90 Å². The Balaban J connectivity index is 0.00000385. The minimum atomic E-state index is -3.59. The normalized spacial score (nSPS) is 11.6. The number of benzene rings is 2. The summed E-state index contributed by atoms with van der Waals surface area (Å²) in [6, 6.07) is 10.1. The molecule has 0 saturated heterocycles. The second kappa shape index (κ2) is 11.6. The third kappa shape index (κ3) is 7.13. The van der Waals surface area contributed by atoms with Gasteiger partial charge in [-0.25, -0.2) is 13.4 Å². The van der Waals surface area contributed by atoms with Gasteiger partial charge in [0.15, 0.2) is 15.0 Å². The Bertz CT molecular complexity index is 1170. The van der Waals surface area contributed by atoms with Gasteiger partial charge >= 0.3 is 0 Å². The van der Waals surface area contributed by atoms with E-state index in [4.69, 9.17) is 16.6 Å². The van der Waals surface area contributed by atoms with Crippen molar-refractivity contribution >= 4 is 66.4 Å². The highest BCUT2D eigenvalue weighted by Crippen LogP contribution is 2.31. The van der Waals surface area contributed by atoms with E-state index in [1.54, 1.807) is 4.90 Å². The van der Waals surface area contributed by atoms with Gasteiger partial charge in [0.05, 0.1) is 20.9 Å². The summed E-state index contributed by atoms with van der Waals surface area (Å²) in [6.45, 7) is 5.39. The van der Waals surface area contributed by atoms with Gasteiger partial charge in [0.1, 0.15) is 0 Å². The molecule has 0 radical (unpaired) electrons. The van der Waals surface area contributed by atoms with Crippen molar-refractivity contribution in [3.8, 4) is 0 Å². The van der Waals surface area contributed by atoms with E-state index in [1.165, 1.54) is 41.2 Å². The van der Waals surface area contributed by atoms with E-state index in [1.807, 2.05) is 27.1 Å². The number of carbonyl (C=O) groups excluding carboxylic acids is 1. The van der Waals surface area contributed by atoms with E-state index in [2.05, 4.69) is 17.9 Å². The maximum atomic E-state index is 13.2. The molecule has 3 aromatic rings. The Morgan fingerprint density at radius 3 is 2.33 bits per heavy atom. The first kappa shape index (κ1) is 27.5. The zero-order chi connectivity index (χ0) is 23.5. The quantitative estimate of drug-likeness (QED) is 0.383. The predicted molar refractivity (Wildman–Crippen MR) is 140 cm³/mol. The third-order valence-corrected chi connectivity index (χ3v) is 8.29. The molecule has 0 unspecified atom stereocenters. The van der Waals surface area contributed by atoms with Gasteiger partial charge in [0, 0.05) is 18.0 Å². The highest BCUT2D eigenvalue weighted by Gasteiger charge is 2.23. The average molecular weight is 531 g/mol. The molecule has 0 fully saturated rings. The zero-order valence-electron chi connectivity index (χ0n) is 19.2. The molecule has 0 spiro atoms.